The largest absolute Gasteiger partial charge is 0.508 e. The van der Waals surface area contributed by atoms with Crippen molar-refractivity contribution in [2.45, 2.75) is 20.3 Å². The Morgan fingerprint density at radius 2 is 1.95 bits per heavy atom. The van der Waals surface area contributed by atoms with Crippen LogP contribution in [0.15, 0.2) is 30.3 Å². The van der Waals surface area contributed by atoms with Crippen molar-refractivity contribution in [3.05, 3.63) is 52.7 Å². The van der Waals surface area contributed by atoms with Crippen LogP contribution in [-0.2, 0) is 6.42 Å². The van der Waals surface area contributed by atoms with Crippen LogP contribution in [0.5, 0.6) is 5.75 Å². The van der Waals surface area contributed by atoms with Gasteiger partial charge in [-0.15, -0.1) is 0 Å². The van der Waals surface area contributed by atoms with Crippen LogP contribution >= 0.6 is 12.2 Å². The molecule has 0 aliphatic heterocycles. The maximum absolute atomic E-state index is 9.26. The lowest BCUT2D eigenvalue weighted by molar-refractivity contribution is 0.475. The number of nitrogens with zero attached hydrogens (tertiary/aromatic N) is 1. The minimum atomic E-state index is 0.276. The van der Waals surface area contributed by atoms with Crippen molar-refractivity contribution >= 4 is 23.0 Å². The first-order valence-electron chi connectivity index (χ1n) is 6.77. The number of hydrogen-bond donors (Lipinski definition) is 3. The highest BCUT2D eigenvalue weighted by molar-refractivity contribution is 7.80. The van der Waals surface area contributed by atoms with E-state index in [0.717, 1.165) is 41.2 Å². The summed E-state index contributed by atoms with van der Waals surface area (Å²) < 4.78 is 0. The summed E-state index contributed by atoms with van der Waals surface area (Å²) in [6, 6.07) is 9.15. The molecule has 0 atom stereocenters. The number of nitrogens with one attached hydrogen (secondary N) is 1. The molecule has 0 spiro atoms. The molecule has 0 amide bonds. The minimum absolute atomic E-state index is 0.276. The quantitative estimate of drug-likeness (QED) is 0.741. The molecule has 4 nitrogen and oxygen atoms in total. The van der Waals surface area contributed by atoms with Gasteiger partial charge in [0.25, 0.3) is 0 Å². The van der Waals surface area contributed by atoms with Gasteiger partial charge in [-0.25, -0.2) is 4.98 Å². The molecule has 21 heavy (non-hydrogen) atoms. The summed E-state index contributed by atoms with van der Waals surface area (Å²) in [6.07, 6.45) is 0.825. The molecule has 1 aromatic carbocycles. The summed E-state index contributed by atoms with van der Waals surface area (Å²) >= 11 is 5.11. The minimum Gasteiger partial charge on any atom is -0.508 e. The predicted octanol–water partition coefficient (Wildman–Crippen LogP) is 2.69. The average molecular weight is 301 g/mol. The molecule has 0 aliphatic rings. The number of nitrogens with two attached hydrogens (primary N) is 1. The number of phenols is 1. The molecule has 2 rings (SSSR count). The first-order valence-corrected chi connectivity index (χ1v) is 7.18. The summed E-state index contributed by atoms with van der Waals surface area (Å²) in [7, 11) is 0. The number of anilines is 1. The topological polar surface area (TPSA) is 71.2 Å². The number of aryl methyl sites for hydroxylation is 2. The molecule has 5 heteroatoms. The van der Waals surface area contributed by atoms with Crippen molar-refractivity contribution in [3.63, 3.8) is 0 Å². The number of thiocarbonyl (C=S) groups is 1. The van der Waals surface area contributed by atoms with Crippen molar-refractivity contribution < 1.29 is 5.11 Å². The molecular weight excluding hydrogens is 282 g/mol. The van der Waals surface area contributed by atoms with Gasteiger partial charge >= 0.3 is 0 Å². The summed E-state index contributed by atoms with van der Waals surface area (Å²) in [5.74, 6) is 1.01. The monoisotopic (exact) mass is 301 g/mol. The molecular formula is C16H19N3OS. The Hall–Kier alpha value is -2.14. The van der Waals surface area contributed by atoms with Crippen LogP contribution < -0.4 is 11.1 Å². The van der Waals surface area contributed by atoms with E-state index in [-0.39, 0.29) is 5.75 Å². The Labute approximate surface area is 130 Å². The molecule has 1 heterocycles. The molecule has 0 bridgehead atoms. The summed E-state index contributed by atoms with van der Waals surface area (Å²) in [5.41, 5.74) is 9.70. The maximum atomic E-state index is 9.26. The van der Waals surface area contributed by atoms with Crippen LogP contribution in [0.1, 0.15) is 22.4 Å². The van der Waals surface area contributed by atoms with E-state index in [0.29, 0.717) is 4.99 Å². The fourth-order valence-electron chi connectivity index (χ4n) is 2.26. The molecule has 0 saturated heterocycles. The normalized spacial score (nSPS) is 10.4. The number of pyridine rings is 1. The smallest absolute Gasteiger partial charge is 0.136 e. The van der Waals surface area contributed by atoms with E-state index in [1.807, 2.05) is 32.0 Å². The SMILES string of the molecule is Cc1cc(C)c(C(N)=S)c(NCCc2ccc(O)cc2)n1. The van der Waals surface area contributed by atoms with Crippen LogP contribution in [0.25, 0.3) is 0 Å². The van der Waals surface area contributed by atoms with Crippen molar-refractivity contribution in [1.29, 1.82) is 0 Å². The number of hydrogen-bond acceptors (Lipinski definition) is 4. The van der Waals surface area contributed by atoms with Crippen LogP contribution in [0.4, 0.5) is 5.82 Å². The van der Waals surface area contributed by atoms with Crippen LogP contribution in [0, 0.1) is 13.8 Å². The molecule has 110 valence electrons. The first kappa shape index (κ1) is 15.3. The first-order chi connectivity index (χ1) is 9.97. The standard InChI is InChI=1S/C16H19N3OS/c1-10-9-11(2)19-16(14(10)15(17)21)18-8-7-12-3-5-13(20)6-4-12/h3-6,9,20H,7-8H2,1-2H3,(H2,17,21)(H,18,19). The van der Waals surface area contributed by atoms with E-state index in [1.54, 1.807) is 12.1 Å². The van der Waals surface area contributed by atoms with Crippen molar-refractivity contribution in [1.82, 2.24) is 4.98 Å². The molecule has 0 unspecified atom stereocenters. The van der Waals surface area contributed by atoms with Crippen molar-refractivity contribution in [2.75, 3.05) is 11.9 Å². The van der Waals surface area contributed by atoms with Gasteiger partial charge in [0.05, 0.1) is 5.56 Å². The lowest BCUT2D eigenvalue weighted by atomic mass is 10.1. The average Bonchev–Trinajstić information content (AvgIpc) is 2.39. The molecule has 0 radical (unpaired) electrons. The fourth-order valence-corrected chi connectivity index (χ4v) is 2.52. The number of benzene rings is 1. The summed E-state index contributed by atoms with van der Waals surface area (Å²) in [4.78, 5) is 4.84. The Kier molecular flexibility index (Phi) is 4.75. The fraction of sp³-hybridized carbons (Fsp3) is 0.250. The van der Waals surface area contributed by atoms with E-state index < -0.39 is 0 Å². The molecule has 4 N–H and O–H groups in total. The van der Waals surface area contributed by atoms with E-state index in [9.17, 15) is 5.11 Å². The van der Waals surface area contributed by atoms with Crippen LogP contribution in [0.3, 0.4) is 0 Å². The van der Waals surface area contributed by atoms with Crippen molar-refractivity contribution in [3.8, 4) is 5.75 Å². The highest BCUT2D eigenvalue weighted by Gasteiger charge is 2.11. The van der Waals surface area contributed by atoms with E-state index >= 15 is 0 Å². The highest BCUT2D eigenvalue weighted by atomic mass is 32.1. The lowest BCUT2D eigenvalue weighted by Crippen LogP contribution is -2.18. The third-order valence-corrected chi connectivity index (χ3v) is 3.44. The van der Waals surface area contributed by atoms with Crippen LogP contribution in [-0.4, -0.2) is 21.6 Å². The van der Waals surface area contributed by atoms with Gasteiger partial charge in [0.1, 0.15) is 16.6 Å². The Morgan fingerprint density at radius 3 is 2.57 bits per heavy atom. The van der Waals surface area contributed by atoms with Gasteiger partial charge < -0.3 is 16.2 Å². The number of aromatic nitrogens is 1. The van der Waals surface area contributed by atoms with Gasteiger partial charge in [0.15, 0.2) is 0 Å². The molecule has 0 aliphatic carbocycles. The number of aromatic hydroxyl groups is 1. The van der Waals surface area contributed by atoms with Gasteiger partial charge in [-0.3, -0.25) is 0 Å². The second-order valence-electron chi connectivity index (χ2n) is 5.01. The molecule has 2 aromatic rings. The Morgan fingerprint density at radius 1 is 1.29 bits per heavy atom. The zero-order valence-electron chi connectivity index (χ0n) is 12.2. The third kappa shape index (κ3) is 3.92. The highest BCUT2D eigenvalue weighted by Crippen LogP contribution is 2.19. The third-order valence-electron chi connectivity index (χ3n) is 3.23. The Balaban J connectivity index is 2.09. The van der Waals surface area contributed by atoms with Crippen LogP contribution in [0.2, 0.25) is 0 Å². The van der Waals surface area contributed by atoms with E-state index in [2.05, 4.69) is 10.3 Å². The summed E-state index contributed by atoms with van der Waals surface area (Å²) in [5, 5.41) is 12.6. The van der Waals surface area contributed by atoms with Gasteiger partial charge in [0, 0.05) is 12.2 Å². The Bertz CT molecular complexity index is 653. The number of phenolic OH excluding ortho intramolecular Hbond substituents is 1. The van der Waals surface area contributed by atoms with Crippen molar-refractivity contribution in [2.24, 2.45) is 5.73 Å². The zero-order valence-corrected chi connectivity index (χ0v) is 13.0. The van der Waals surface area contributed by atoms with E-state index in [4.69, 9.17) is 18.0 Å². The maximum Gasteiger partial charge on any atom is 0.136 e. The number of rotatable bonds is 5. The zero-order chi connectivity index (χ0) is 15.4. The van der Waals surface area contributed by atoms with E-state index in [1.165, 1.54) is 0 Å². The predicted molar refractivity (Wildman–Crippen MR) is 89.9 cm³/mol. The molecule has 0 fully saturated rings. The molecule has 1 aromatic heterocycles. The second kappa shape index (κ2) is 6.54. The van der Waals surface area contributed by atoms with Gasteiger partial charge in [-0.1, -0.05) is 24.4 Å². The second-order valence-corrected chi connectivity index (χ2v) is 5.45. The van der Waals surface area contributed by atoms with Gasteiger partial charge in [0.2, 0.25) is 0 Å². The van der Waals surface area contributed by atoms with Gasteiger partial charge in [-0.2, -0.15) is 0 Å². The van der Waals surface area contributed by atoms with Gasteiger partial charge in [-0.05, 0) is 49.6 Å². The summed E-state index contributed by atoms with van der Waals surface area (Å²) in [6.45, 7) is 4.64. The molecule has 0 saturated carbocycles. The lowest BCUT2D eigenvalue weighted by Gasteiger charge is -2.13.